The summed E-state index contributed by atoms with van der Waals surface area (Å²) in [4.78, 5) is 54.4. The van der Waals surface area contributed by atoms with Gasteiger partial charge in [-0.25, -0.2) is 14.2 Å². The number of anilines is 2. The molecule has 1 fully saturated rings. The van der Waals surface area contributed by atoms with Gasteiger partial charge >= 0.3 is 17.6 Å². The van der Waals surface area contributed by atoms with Gasteiger partial charge in [0.1, 0.15) is 29.9 Å². The number of carbonyl (C=O) groups is 4. The van der Waals surface area contributed by atoms with Crippen LogP contribution in [0.3, 0.4) is 0 Å². The first kappa shape index (κ1) is 25.9. The number of β-lactam (4-membered cyclic amide) rings is 1. The highest BCUT2D eigenvalue weighted by Gasteiger charge is 2.54. The Labute approximate surface area is 226 Å². The van der Waals surface area contributed by atoms with Crippen LogP contribution >= 0.6 is 23.3 Å². The third kappa shape index (κ3) is 4.68. The Bertz CT molecular complexity index is 1580. The topological polar surface area (TPSA) is 233 Å². The number of imidazole rings is 1. The van der Waals surface area contributed by atoms with Crippen LogP contribution in [0.5, 0.6) is 0 Å². The maximum atomic E-state index is 13.0. The molecule has 2 aliphatic heterocycles. The fourth-order valence-electron chi connectivity index (χ4n) is 4.11. The van der Waals surface area contributed by atoms with Crippen LogP contribution in [0, 0.1) is 0 Å². The molecule has 5 rings (SSSR count). The van der Waals surface area contributed by atoms with E-state index in [-0.39, 0.29) is 29.0 Å². The molecule has 19 heteroatoms. The molecule has 0 radical (unpaired) electrons. The number of oxime groups is 1. The highest BCUT2D eigenvalue weighted by Crippen LogP contribution is 2.40. The minimum atomic E-state index is -1.28. The smallest absolute Gasteiger partial charge is 0.352 e. The lowest BCUT2D eigenvalue weighted by atomic mass is 10.0. The van der Waals surface area contributed by atoms with Gasteiger partial charge in [-0.15, -0.1) is 11.8 Å². The number of hydrogen-bond acceptors (Lipinski definition) is 12. The van der Waals surface area contributed by atoms with Gasteiger partial charge in [-0.1, -0.05) is 14.8 Å². The Balaban J connectivity index is 1.34. The van der Waals surface area contributed by atoms with Crippen molar-refractivity contribution in [1.82, 2.24) is 34.5 Å². The lowest BCUT2D eigenvalue weighted by Gasteiger charge is -2.49. The number of carbonyl (C=O) groups excluding carboxylic acids is 3. The van der Waals surface area contributed by atoms with E-state index >= 15 is 0 Å². The van der Waals surface area contributed by atoms with E-state index in [1.165, 1.54) is 23.3 Å². The van der Waals surface area contributed by atoms with Crippen LogP contribution < -0.4 is 26.3 Å². The zero-order valence-corrected chi connectivity index (χ0v) is 21.6. The Morgan fingerprint density at radius 3 is 2.79 bits per heavy atom. The van der Waals surface area contributed by atoms with Crippen molar-refractivity contribution in [3.8, 4) is 0 Å². The second kappa shape index (κ2) is 10.2. The van der Waals surface area contributed by atoms with Gasteiger partial charge in [0.05, 0.1) is 0 Å². The number of aromatic nitrogens is 5. The molecule has 2 aliphatic rings. The summed E-state index contributed by atoms with van der Waals surface area (Å²) < 4.78 is 7.11. The molecule has 1 saturated heterocycles. The second-order valence-electron chi connectivity index (χ2n) is 8.17. The number of carboxylic acid groups (broad SMARTS) is 1. The SMILES string of the molecule is CNC(=O)Nc1ccc2n(cc[n+]2CC2=C(C(=O)O)N3C(=O)[C@@H](NC(=O)/C(=N\O)c4nsc(N)n4)[C@H]3SC2)n1. The standard InChI is InChI=1S/C20H19N11O6S2/c1-22-20(36)23-9-2-3-10-29(4-5-30(10)26-9)6-8-7-38-17-12(16(33)31(17)13(8)18(34)35)24-15(32)11(27-37)14-25-19(21)39-28-14/h2-5,12,17H,6-7H2,1H3,(H6-,21,22,23,24,25,26,28,32,34,35,36,37)/p+1/t12-,17-/m1/s1. The Morgan fingerprint density at radius 1 is 1.33 bits per heavy atom. The summed E-state index contributed by atoms with van der Waals surface area (Å²) in [7, 11) is 1.48. The van der Waals surface area contributed by atoms with E-state index in [1.807, 2.05) is 0 Å². The van der Waals surface area contributed by atoms with Crippen molar-refractivity contribution in [3.63, 3.8) is 0 Å². The fourth-order valence-corrected chi connectivity index (χ4v) is 5.88. The van der Waals surface area contributed by atoms with Gasteiger partial charge in [-0.2, -0.15) is 9.36 Å². The first-order valence-corrected chi connectivity index (χ1v) is 12.9. The van der Waals surface area contributed by atoms with E-state index < -0.39 is 40.9 Å². The predicted octanol–water partition coefficient (Wildman–Crippen LogP) is -1.58. The Kier molecular flexibility index (Phi) is 6.74. The molecular weight excluding hydrogens is 554 g/mol. The highest BCUT2D eigenvalue weighted by atomic mass is 32.2. The molecule has 0 saturated carbocycles. The normalized spacial score (nSPS) is 18.9. The number of nitrogen functional groups attached to an aromatic ring is 1. The number of fused-ring (bicyclic) bond motifs is 2. The van der Waals surface area contributed by atoms with Crippen molar-refractivity contribution in [2.45, 2.75) is 18.0 Å². The molecular formula is C20H20N11O6S2+. The molecule has 0 aliphatic carbocycles. The molecule has 7 N–H and O–H groups in total. The van der Waals surface area contributed by atoms with Crippen LogP contribution in [-0.4, -0.2) is 87.9 Å². The van der Waals surface area contributed by atoms with Crippen molar-refractivity contribution in [3.05, 3.63) is 41.6 Å². The van der Waals surface area contributed by atoms with Gasteiger partial charge in [-0.3, -0.25) is 19.8 Å². The lowest BCUT2D eigenvalue weighted by molar-refractivity contribution is -0.662. The molecule has 39 heavy (non-hydrogen) atoms. The van der Waals surface area contributed by atoms with E-state index in [2.05, 4.69) is 35.6 Å². The molecule has 202 valence electrons. The van der Waals surface area contributed by atoms with Gasteiger partial charge in [0.15, 0.2) is 17.1 Å². The van der Waals surface area contributed by atoms with Crippen LogP contribution in [0.1, 0.15) is 5.82 Å². The van der Waals surface area contributed by atoms with Crippen molar-refractivity contribution in [1.29, 1.82) is 0 Å². The molecule has 5 heterocycles. The fraction of sp³-hybridized carbons (Fsp3) is 0.250. The van der Waals surface area contributed by atoms with Gasteiger partial charge in [0.25, 0.3) is 11.8 Å². The van der Waals surface area contributed by atoms with E-state index in [1.54, 1.807) is 29.1 Å². The summed E-state index contributed by atoms with van der Waals surface area (Å²) in [6.45, 7) is 0.154. The van der Waals surface area contributed by atoms with Crippen molar-refractivity contribution < 1.29 is 34.1 Å². The molecule has 3 aromatic rings. The third-order valence-electron chi connectivity index (χ3n) is 5.86. The largest absolute Gasteiger partial charge is 0.477 e. The lowest BCUT2D eigenvalue weighted by Crippen LogP contribution is -2.71. The number of carboxylic acids is 1. The summed E-state index contributed by atoms with van der Waals surface area (Å²) >= 11 is 2.08. The van der Waals surface area contributed by atoms with E-state index in [0.29, 0.717) is 17.0 Å². The van der Waals surface area contributed by atoms with Crippen LogP contribution in [0.15, 0.2) is 41.0 Å². The maximum Gasteiger partial charge on any atom is 0.352 e. The average Bonchev–Trinajstić information content (AvgIpc) is 3.52. The van der Waals surface area contributed by atoms with Crippen molar-refractivity contribution >= 4 is 69.4 Å². The second-order valence-corrected chi connectivity index (χ2v) is 10.1. The highest BCUT2D eigenvalue weighted by molar-refractivity contribution is 8.00. The summed E-state index contributed by atoms with van der Waals surface area (Å²) in [5, 5.41) is 33.3. The number of nitrogens with zero attached hydrogens (tertiary/aromatic N) is 7. The maximum absolute atomic E-state index is 13.0. The molecule has 3 aromatic heterocycles. The first-order chi connectivity index (χ1) is 18.7. The van der Waals surface area contributed by atoms with Crippen LogP contribution in [0.4, 0.5) is 15.7 Å². The average molecular weight is 575 g/mol. The number of nitrogens with one attached hydrogen (secondary N) is 3. The van der Waals surface area contributed by atoms with Gasteiger partial charge in [-0.05, 0) is 6.07 Å². The number of aliphatic carboxylic acids is 1. The molecule has 17 nitrogen and oxygen atoms in total. The molecule has 0 bridgehead atoms. The number of nitrogens with two attached hydrogens (primary N) is 1. The summed E-state index contributed by atoms with van der Waals surface area (Å²) in [5.41, 5.74) is 5.92. The Hall–Kier alpha value is -4.78. The molecule has 4 amide bonds. The van der Waals surface area contributed by atoms with Crippen LogP contribution in [-0.2, 0) is 20.9 Å². The van der Waals surface area contributed by atoms with E-state index in [4.69, 9.17) is 5.73 Å². The van der Waals surface area contributed by atoms with Crippen molar-refractivity contribution in [2.24, 2.45) is 5.16 Å². The summed E-state index contributed by atoms with van der Waals surface area (Å²) in [6.07, 6.45) is 3.35. The zero-order chi connectivity index (χ0) is 27.8. The summed E-state index contributed by atoms with van der Waals surface area (Å²) in [6, 6.07) is 1.84. The van der Waals surface area contributed by atoms with Crippen LogP contribution in [0.2, 0.25) is 0 Å². The zero-order valence-electron chi connectivity index (χ0n) is 19.9. The number of hydrogen-bond donors (Lipinski definition) is 6. The van der Waals surface area contributed by atoms with Crippen LogP contribution in [0.25, 0.3) is 5.65 Å². The number of amides is 4. The predicted molar refractivity (Wildman–Crippen MR) is 136 cm³/mol. The minimum Gasteiger partial charge on any atom is -0.477 e. The number of urea groups is 1. The molecule has 0 aromatic carbocycles. The number of thioether (sulfide) groups is 1. The van der Waals surface area contributed by atoms with E-state index in [0.717, 1.165) is 16.4 Å². The molecule has 0 spiro atoms. The van der Waals surface area contributed by atoms with Gasteiger partial charge in [0, 0.05) is 36.0 Å². The first-order valence-electron chi connectivity index (χ1n) is 11.1. The molecule has 0 unspecified atom stereocenters. The number of rotatable bonds is 7. The quantitative estimate of drug-likeness (QED) is 0.0619. The summed E-state index contributed by atoms with van der Waals surface area (Å²) in [5.74, 6) is -2.44. The van der Waals surface area contributed by atoms with Gasteiger partial charge in [0.2, 0.25) is 11.5 Å². The van der Waals surface area contributed by atoms with Crippen molar-refractivity contribution in [2.75, 3.05) is 23.9 Å². The third-order valence-corrected chi connectivity index (χ3v) is 7.74. The Morgan fingerprint density at radius 2 is 2.13 bits per heavy atom. The van der Waals surface area contributed by atoms with E-state index in [9.17, 15) is 29.5 Å². The molecule has 2 atom stereocenters. The monoisotopic (exact) mass is 574 g/mol. The minimum absolute atomic E-state index is 0.0575. The van der Waals surface area contributed by atoms with Gasteiger partial charge < -0.3 is 26.7 Å².